The average Bonchev–Trinajstić information content (AvgIpc) is 2.19. The van der Waals surface area contributed by atoms with Crippen LogP contribution in [0.2, 0.25) is 0 Å². The molecule has 0 bridgehead atoms. The van der Waals surface area contributed by atoms with E-state index < -0.39 is 0 Å². The Balaban J connectivity index is 2.64. The number of hydrogen-bond donors (Lipinski definition) is 1. The molecule has 0 atom stereocenters. The summed E-state index contributed by atoms with van der Waals surface area (Å²) in [7, 11) is 0. The molecule has 17 heavy (non-hydrogen) atoms. The number of aromatic nitrogens is 1. The van der Waals surface area contributed by atoms with Crippen LogP contribution in [0.4, 0.5) is 5.69 Å². The van der Waals surface area contributed by atoms with E-state index in [1.165, 1.54) is 11.1 Å². The van der Waals surface area contributed by atoms with E-state index in [9.17, 15) is 0 Å². The van der Waals surface area contributed by atoms with E-state index in [2.05, 4.69) is 39.8 Å². The number of aryl methyl sites for hydroxylation is 2. The van der Waals surface area contributed by atoms with Crippen molar-refractivity contribution in [1.82, 2.24) is 4.98 Å². The van der Waals surface area contributed by atoms with Crippen LogP contribution in [0.25, 0.3) is 10.9 Å². The van der Waals surface area contributed by atoms with Crippen LogP contribution in [0.5, 0.6) is 0 Å². The van der Waals surface area contributed by atoms with E-state index >= 15 is 0 Å². The van der Waals surface area contributed by atoms with E-state index in [4.69, 9.17) is 10.7 Å². The van der Waals surface area contributed by atoms with Gasteiger partial charge in [-0.2, -0.15) is 0 Å². The molecule has 1 heterocycles. The molecule has 0 fully saturated rings. The third-order valence-electron chi connectivity index (χ3n) is 2.95. The molecule has 1 aromatic heterocycles. The van der Waals surface area contributed by atoms with Crippen molar-refractivity contribution >= 4 is 16.6 Å². The normalized spacial score (nSPS) is 11.4. The number of hydrogen-bond acceptors (Lipinski definition) is 2. The summed E-state index contributed by atoms with van der Waals surface area (Å²) in [4.78, 5) is 4.74. The van der Waals surface area contributed by atoms with Crippen LogP contribution in [-0.4, -0.2) is 4.98 Å². The summed E-state index contributed by atoms with van der Waals surface area (Å²) in [5.74, 6) is 0.602. The SMILES string of the molecule is Cc1cc(C)c2nc(CC(C)C)cc(N)c2c1. The largest absolute Gasteiger partial charge is 0.398 e. The fraction of sp³-hybridized carbons (Fsp3) is 0.400. The maximum absolute atomic E-state index is 6.13. The number of benzene rings is 1. The number of nitrogen functional groups attached to an aromatic ring is 1. The first-order valence-corrected chi connectivity index (χ1v) is 6.13. The van der Waals surface area contributed by atoms with E-state index in [1.54, 1.807) is 0 Å². The Hall–Kier alpha value is -1.57. The van der Waals surface area contributed by atoms with E-state index in [-0.39, 0.29) is 0 Å². The summed E-state index contributed by atoms with van der Waals surface area (Å²) in [5, 5.41) is 1.08. The van der Waals surface area contributed by atoms with Crippen LogP contribution in [-0.2, 0) is 6.42 Å². The lowest BCUT2D eigenvalue weighted by Crippen LogP contribution is -2.01. The summed E-state index contributed by atoms with van der Waals surface area (Å²) in [6, 6.07) is 6.29. The minimum absolute atomic E-state index is 0.602. The van der Waals surface area contributed by atoms with Crippen molar-refractivity contribution in [3.05, 3.63) is 35.0 Å². The maximum atomic E-state index is 6.13. The first-order chi connectivity index (χ1) is 7.97. The Labute approximate surface area is 103 Å². The van der Waals surface area contributed by atoms with Gasteiger partial charge in [0.1, 0.15) is 0 Å². The van der Waals surface area contributed by atoms with Gasteiger partial charge in [-0.1, -0.05) is 25.5 Å². The molecule has 2 nitrogen and oxygen atoms in total. The van der Waals surface area contributed by atoms with Crippen LogP contribution in [0.15, 0.2) is 18.2 Å². The molecule has 0 unspecified atom stereocenters. The topological polar surface area (TPSA) is 38.9 Å². The molecule has 0 spiro atoms. The molecule has 0 aliphatic rings. The third-order valence-corrected chi connectivity index (χ3v) is 2.95. The zero-order valence-electron chi connectivity index (χ0n) is 11.0. The lowest BCUT2D eigenvalue weighted by atomic mass is 10.0. The smallest absolute Gasteiger partial charge is 0.0755 e. The van der Waals surface area contributed by atoms with Gasteiger partial charge in [0.15, 0.2) is 0 Å². The van der Waals surface area contributed by atoms with Crippen molar-refractivity contribution in [2.75, 3.05) is 5.73 Å². The van der Waals surface area contributed by atoms with Gasteiger partial charge in [0.05, 0.1) is 5.52 Å². The van der Waals surface area contributed by atoms with Gasteiger partial charge in [-0.05, 0) is 43.9 Å². The minimum Gasteiger partial charge on any atom is -0.398 e. The van der Waals surface area contributed by atoms with Crippen LogP contribution >= 0.6 is 0 Å². The number of pyridine rings is 1. The van der Waals surface area contributed by atoms with Gasteiger partial charge >= 0.3 is 0 Å². The highest BCUT2D eigenvalue weighted by Crippen LogP contribution is 2.25. The summed E-state index contributed by atoms with van der Waals surface area (Å²) < 4.78 is 0. The molecule has 0 saturated heterocycles. The van der Waals surface area contributed by atoms with Gasteiger partial charge in [-0.25, -0.2) is 0 Å². The first kappa shape index (κ1) is 11.9. The van der Waals surface area contributed by atoms with E-state index in [1.807, 2.05) is 6.07 Å². The van der Waals surface area contributed by atoms with Crippen LogP contribution < -0.4 is 5.73 Å². The first-order valence-electron chi connectivity index (χ1n) is 6.13. The minimum atomic E-state index is 0.602. The van der Waals surface area contributed by atoms with Gasteiger partial charge in [-0.3, -0.25) is 4.98 Å². The molecule has 2 rings (SSSR count). The maximum Gasteiger partial charge on any atom is 0.0755 e. The van der Waals surface area contributed by atoms with E-state index in [0.29, 0.717) is 5.92 Å². The Morgan fingerprint density at radius 1 is 1.18 bits per heavy atom. The molecular formula is C15H20N2. The predicted octanol–water partition coefficient (Wildman–Crippen LogP) is 3.63. The second-order valence-corrected chi connectivity index (χ2v) is 5.28. The second kappa shape index (κ2) is 4.36. The van der Waals surface area contributed by atoms with Crippen molar-refractivity contribution < 1.29 is 0 Å². The lowest BCUT2D eigenvalue weighted by molar-refractivity contribution is 0.637. The number of anilines is 1. The van der Waals surface area contributed by atoms with Gasteiger partial charge in [0.2, 0.25) is 0 Å². The van der Waals surface area contributed by atoms with Crippen molar-refractivity contribution in [2.45, 2.75) is 34.1 Å². The highest BCUT2D eigenvalue weighted by atomic mass is 14.7. The lowest BCUT2D eigenvalue weighted by Gasteiger charge is -2.10. The molecule has 0 aliphatic heterocycles. The molecule has 2 aromatic rings. The zero-order chi connectivity index (χ0) is 12.6. The van der Waals surface area contributed by atoms with Gasteiger partial charge in [0.25, 0.3) is 0 Å². The molecule has 0 radical (unpaired) electrons. The number of fused-ring (bicyclic) bond motifs is 1. The van der Waals surface area contributed by atoms with Crippen LogP contribution in [0.1, 0.15) is 30.7 Å². The average molecular weight is 228 g/mol. The Bertz CT molecular complexity index is 556. The van der Waals surface area contributed by atoms with Crippen molar-refractivity contribution in [2.24, 2.45) is 5.92 Å². The Morgan fingerprint density at radius 3 is 2.53 bits per heavy atom. The Kier molecular flexibility index (Phi) is 3.05. The predicted molar refractivity (Wildman–Crippen MR) is 74.2 cm³/mol. The van der Waals surface area contributed by atoms with E-state index in [0.717, 1.165) is 28.7 Å². The number of rotatable bonds is 2. The van der Waals surface area contributed by atoms with Crippen molar-refractivity contribution in [3.63, 3.8) is 0 Å². The Morgan fingerprint density at radius 2 is 1.88 bits per heavy atom. The van der Waals surface area contributed by atoms with Crippen LogP contribution in [0.3, 0.4) is 0 Å². The molecule has 0 saturated carbocycles. The quantitative estimate of drug-likeness (QED) is 0.852. The second-order valence-electron chi connectivity index (χ2n) is 5.28. The highest BCUT2D eigenvalue weighted by molar-refractivity contribution is 5.92. The monoisotopic (exact) mass is 228 g/mol. The van der Waals surface area contributed by atoms with Gasteiger partial charge in [0, 0.05) is 16.8 Å². The third kappa shape index (κ3) is 2.41. The molecule has 1 aromatic carbocycles. The molecule has 90 valence electrons. The molecule has 2 heteroatoms. The molecular weight excluding hydrogens is 208 g/mol. The zero-order valence-corrected chi connectivity index (χ0v) is 11.0. The standard InChI is InChI=1S/C15H20N2/c1-9(2)5-12-8-14(16)13-7-10(3)6-11(4)15(13)17-12/h6-9H,5H2,1-4H3,(H2,16,17). The fourth-order valence-corrected chi connectivity index (χ4v) is 2.28. The number of nitrogens with two attached hydrogens (primary N) is 1. The summed E-state index contributed by atoms with van der Waals surface area (Å²) in [5.41, 5.74) is 11.6. The summed E-state index contributed by atoms with van der Waals surface area (Å²) >= 11 is 0. The summed E-state index contributed by atoms with van der Waals surface area (Å²) in [6.45, 7) is 8.59. The van der Waals surface area contributed by atoms with Gasteiger partial charge in [-0.15, -0.1) is 0 Å². The molecule has 0 amide bonds. The van der Waals surface area contributed by atoms with Crippen LogP contribution in [0, 0.1) is 19.8 Å². The number of nitrogens with zero attached hydrogens (tertiary/aromatic N) is 1. The highest BCUT2D eigenvalue weighted by Gasteiger charge is 2.07. The van der Waals surface area contributed by atoms with Crippen molar-refractivity contribution in [1.29, 1.82) is 0 Å². The van der Waals surface area contributed by atoms with Gasteiger partial charge < -0.3 is 5.73 Å². The molecule has 0 aliphatic carbocycles. The van der Waals surface area contributed by atoms with Crippen molar-refractivity contribution in [3.8, 4) is 0 Å². The summed E-state index contributed by atoms with van der Waals surface area (Å²) in [6.07, 6.45) is 0.980. The fourth-order valence-electron chi connectivity index (χ4n) is 2.28. The molecule has 2 N–H and O–H groups in total.